The maximum Gasteiger partial charge on any atom is 0.252 e. The molecule has 2 aliphatic heterocycles. The maximum absolute atomic E-state index is 12.6. The molecule has 4 aromatic rings. The van der Waals surface area contributed by atoms with Crippen LogP contribution in [0.15, 0.2) is 72.9 Å². The molecule has 0 saturated carbocycles. The van der Waals surface area contributed by atoms with Gasteiger partial charge in [0, 0.05) is 48.0 Å². The summed E-state index contributed by atoms with van der Waals surface area (Å²) >= 11 is 0. The molecule has 0 fully saturated rings. The SMILES string of the molecule is O=C1NC(C2c3ccccc3NC2CNCc2ccc3cc[nH]c3c2)c2cc(O)ccc21. The van der Waals surface area contributed by atoms with Crippen LogP contribution in [0.5, 0.6) is 5.75 Å². The number of amides is 1. The number of benzene rings is 3. The van der Waals surface area contributed by atoms with Gasteiger partial charge in [0.15, 0.2) is 0 Å². The summed E-state index contributed by atoms with van der Waals surface area (Å²) in [6.45, 7) is 1.49. The molecule has 1 amide bonds. The van der Waals surface area contributed by atoms with Crippen molar-refractivity contribution in [3.63, 3.8) is 0 Å². The Morgan fingerprint density at radius 1 is 0.938 bits per heavy atom. The molecule has 3 unspecified atom stereocenters. The zero-order chi connectivity index (χ0) is 21.7. The van der Waals surface area contributed by atoms with E-state index >= 15 is 0 Å². The minimum atomic E-state index is -0.192. The molecule has 1 aromatic heterocycles. The third-order valence-electron chi connectivity index (χ3n) is 6.67. The highest BCUT2D eigenvalue weighted by Gasteiger charge is 2.43. The van der Waals surface area contributed by atoms with E-state index in [0.717, 1.165) is 29.9 Å². The summed E-state index contributed by atoms with van der Waals surface area (Å²) in [7, 11) is 0. The fraction of sp³-hybridized carbons (Fsp3) is 0.192. The van der Waals surface area contributed by atoms with Gasteiger partial charge in [0.25, 0.3) is 5.91 Å². The van der Waals surface area contributed by atoms with Gasteiger partial charge in [-0.3, -0.25) is 4.79 Å². The number of aromatic amines is 1. The molecular weight excluding hydrogens is 400 g/mol. The third-order valence-corrected chi connectivity index (χ3v) is 6.67. The Kier molecular flexibility index (Phi) is 4.40. The number of aromatic hydroxyl groups is 1. The van der Waals surface area contributed by atoms with E-state index in [1.54, 1.807) is 18.2 Å². The van der Waals surface area contributed by atoms with Gasteiger partial charge < -0.3 is 26.0 Å². The van der Waals surface area contributed by atoms with E-state index in [4.69, 9.17) is 0 Å². The molecule has 0 bridgehead atoms. The first-order valence-corrected chi connectivity index (χ1v) is 10.9. The zero-order valence-corrected chi connectivity index (χ0v) is 17.4. The van der Waals surface area contributed by atoms with E-state index in [0.29, 0.717) is 5.56 Å². The Bertz CT molecular complexity index is 1330. The van der Waals surface area contributed by atoms with Crippen molar-refractivity contribution in [2.75, 3.05) is 11.9 Å². The summed E-state index contributed by atoms with van der Waals surface area (Å²) in [5.41, 5.74) is 6.15. The highest BCUT2D eigenvalue weighted by molar-refractivity contribution is 5.99. The van der Waals surface area contributed by atoms with Crippen LogP contribution in [-0.2, 0) is 6.54 Å². The number of nitrogens with one attached hydrogen (secondary N) is 4. The molecular formula is C26H24N4O2. The standard InChI is InChI=1S/C26H24N4O2/c31-17-7-8-18-20(12-17)25(30-26(18)32)24-19-3-1-2-4-21(19)29-23(24)14-27-13-15-5-6-16-9-10-28-22(16)11-15/h1-12,23-25,27-29,31H,13-14H2,(H,30,32). The molecule has 6 rings (SSSR count). The number of anilines is 1. The molecule has 0 spiro atoms. The number of aromatic nitrogens is 1. The Balaban J connectivity index is 1.26. The molecule has 0 saturated heterocycles. The second kappa shape index (κ2) is 7.43. The van der Waals surface area contributed by atoms with E-state index in [9.17, 15) is 9.90 Å². The molecule has 32 heavy (non-hydrogen) atoms. The average molecular weight is 425 g/mol. The smallest absolute Gasteiger partial charge is 0.252 e. The van der Waals surface area contributed by atoms with Crippen molar-refractivity contribution >= 4 is 22.5 Å². The van der Waals surface area contributed by atoms with Gasteiger partial charge in [0.05, 0.1) is 6.04 Å². The molecule has 0 aliphatic carbocycles. The Labute approximate surface area is 185 Å². The van der Waals surface area contributed by atoms with Crippen LogP contribution in [0.4, 0.5) is 5.69 Å². The van der Waals surface area contributed by atoms with Crippen molar-refractivity contribution < 1.29 is 9.90 Å². The van der Waals surface area contributed by atoms with Gasteiger partial charge in [-0.15, -0.1) is 0 Å². The van der Waals surface area contributed by atoms with E-state index in [1.807, 2.05) is 18.3 Å². The predicted molar refractivity (Wildman–Crippen MR) is 125 cm³/mol. The minimum absolute atomic E-state index is 0.0524. The van der Waals surface area contributed by atoms with Gasteiger partial charge in [-0.05, 0) is 58.5 Å². The topological polar surface area (TPSA) is 89.2 Å². The van der Waals surface area contributed by atoms with Gasteiger partial charge in [-0.2, -0.15) is 0 Å². The summed E-state index contributed by atoms with van der Waals surface area (Å²) in [5.74, 6) is 0.149. The van der Waals surface area contributed by atoms with Crippen LogP contribution in [0.2, 0.25) is 0 Å². The Morgan fingerprint density at radius 3 is 2.78 bits per heavy atom. The lowest BCUT2D eigenvalue weighted by Crippen LogP contribution is -2.38. The van der Waals surface area contributed by atoms with E-state index in [1.165, 1.54) is 16.5 Å². The van der Waals surface area contributed by atoms with Crippen molar-refractivity contribution in [3.05, 3.63) is 95.2 Å². The summed E-state index contributed by atoms with van der Waals surface area (Å²) in [4.78, 5) is 15.9. The van der Waals surface area contributed by atoms with Gasteiger partial charge in [0.2, 0.25) is 0 Å². The number of para-hydroxylation sites is 1. The van der Waals surface area contributed by atoms with Gasteiger partial charge >= 0.3 is 0 Å². The second-order valence-corrected chi connectivity index (χ2v) is 8.62. The van der Waals surface area contributed by atoms with Crippen molar-refractivity contribution in [1.82, 2.24) is 15.6 Å². The first kappa shape index (κ1) is 19.0. The molecule has 3 aromatic carbocycles. The van der Waals surface area contributed by atoms with Crippen LogP contribution in [-0.4, -0.2) is 28.6 Å². The van der Waals surface area contributed by atoms with E-state index < -0.39 is 0 Å². The molecule has 3 atom stereocenters. The number of carbonyl (C=O) groups excluding carboxylic acids is 1. The second-order valence-electron chi connectivity index (χ2n) is 8.62. The monoisotopic (exact) mass is 424 g/mol. The van der Waals surface area contributed by atoms with Gasteiger partial charge in [-0.25, -0.2) is 0 Å². The first-order valence-electron chi connectivity index (χ1n) is 10.9. The summed E-state index contributed by atoms with van der Waals surface area (Å²) in [6.07, 6.45) is 1.96. The molecule has 160 valence electrons. The fourth-order valence-electron chi connectivity index (χ4n) is 5.19. The molecule has 3 heterocycles. The predicted octanol–water partition coefficient (Wildman–Crippen LogP) is 4.03. The quantitative estimate of drug-likeness (QED) is 0.335. The van der Waals surface area contributed by atoms with Crippen LogP contribution in [0.25, 0.3) is 10.9 Å². The molecule has 2 aliphatic rings. The van der Waals surface area contributed by atoms with Crippen molar-refractivity contribution in [2.24, 2.45) is 0 Å². The number of phenols is 1. The fourth-order valence-corrected chi connectivity index (χ4v) is 5.19. The number of carbonyl (C=O) groups is 1. The minimum Gasteiger partial charge on any atom is -0.508 e. The third kappa shape index (κ3) is 3.11. The lowest BCUT2D eigenvalue weighted by atomic mass is 9.84. The number of fused-ring (bicyclic) bond motifs is 3. The van der Waals surface area contributed by atoms with Crippen molar-refractivity contribution in [1.29, 1.82) is 0 Å². The van der Waals surface area contributed by atoms with Crippen LogP contribution < -0.4 is 16.0 Å². The summed E-state index contributed by atoms with van der Waals surface area (Å²) < 4.78 is 0. The van der Waals surface area contributed by atoms with Crippen molar-refractivity contribution in [2.45, 2.75) is 24.5 Å². The van der Waals surface area contributed by atoms with E-state index in [2.05, 4.69) is 57.3 Å². The number of hydrogen-bond acceptors (Lipinski definition) is 4. The van der Waals surface area contributed by atoms with Crippen LogP contribution >= 0.6 is 0 Å². The Hall–Kier alpha value is -3.77. The van der Waals surface area contributed by atoms with Crippen LogP contribution in [0, 0.1) is 0 Å². The molecule has 5 N–H and O–H groups in total. The largest absolute Gasteiger partial charge is 0.508 e. The van der Waals surface area contributed by atoms with Crippen molar-refractivity contribution in [3.8, 4) is 5.75 Å². The molecule has 0 radical (unpaired) electrons. The molecule has 6 nitrogen and oxygen atoms in total. The van der Waals surface area contributed by atoms with Gasteiger partial charge in [0.1, 0.15) is 5.75 Å². The number of phenolic OH excluding ortho intramolecular Hbond substituents is 1. The lowest BCUT2D eigenvalue weighted by molar-refractivity contribution is 0.0951. The zero-order valence-electron chi connectivity index (χ0n) is 17.4. The number of hydrogen-bond donors (Lipinski definition) is 5. The lowest BCUT2D eigenvalue weighted by Gasteiger charge is -2.27. The maximum atomic E-state index is 12.6. The number of rotatable bonds is 5. The normalized spacial score (nSPS) is 21.2. The van der Waals surface area contributed by atoms with Crippen LogP contribution in [0.1, 0.15) is 39.0 Å². The summed E-state index contributed by atoms with van der Waals surface area (Å²) in [5, 5.41) is 21.7. The number of H-pyrrole nitrogens is 1. The molecule has 6 heteroatoms. The first-order chi connectivity index (χ1) is 15.7. The van der Waals surface area contributed by atoms with Crippen LogP contribution in [0.3, 0.4) is 0 Å². The highest BCUT2D eigenvalue weighted by Crippen LogP contribution is 2.46. The average Bonchev–Trinajstić information content (AvgIpc) is 3.48. The van der Waals surface area contributed by atoms with Gasteiger partial charge in [-0.1, -0.05) is 30.3 Å². The summed E-state index contributed by atoms with van der Waals surface area (Å²) in [6, 6.07) is 21.7. The highest BCUT2D eigenvalue weighted by atomic mass is 16.3. The Morgan fingerprint density at radius 2 is 1.84 bits per heavy atom. The van der Waals surface area contributed by atoms with E-state index in [-0.39, 0.29) is 29.7 Å².